The molecule has 1 unspecified atom stereocenters. The van der Waals surface area contributed by atoms with Crippen molar-refractivity contribution in [2.75, 3.05) is 0 Å². The minimum atomic E-state index is -0.510. The summed E-state index contributed by atoms with van der Waals surface area (Å²) >= 11 is 0. The normalized spacial score (nSPS) is 12.3. The van der Waals surface area contributed by atoms with Gasteiger partial charge in [-0.25, -0.2) is 4.79 Å². The molecule has 0 rings (SSSR count). The highest BCUT2D eigenvalue weighted by atomic mass is 17.1. The van der Waals surface area contributed by atoms with Crippen LogP contribution < -0.4 is 0 Å². The highest BCUT2D eigenvalue weighted by Crippen LogP contribution is 2.18. The van der Waals surface area contributed by atoms with E-state index in [0.717, 1.165) is 18.8 Å². The molecule has 0 aliphatic carbocycles. The zero-order chi connectivity index (χ0) is 16.5. The molecular formula is C19H38O3. The number of unbranched alkanes of at least 4 members (excludes halogenated alkanes) is 10. The second-order valence-electron chi connectivity index (χ2n) is 6.78. The molecule has 3 heteroatoms. The smallest absolute Gasteiger partial charge is 0.301 e. The summed E-state index contributed by atoms with van der Waals surface area (Å²) in [4.78, 5) is 14.3. The van der Waals surface area contributed by atoms with Gasteiger partial charge in [0.25, 0.3) is 0 Å². The average molecular weight is 315 g/mol. The Kier molecular flexibility index (Phi) is 16.4. The van der Waals surface area contributed by atoms with E-state index in [2.05, 4.69) is 18.7 Å². The van der Waals surface area contributed by atoms with E-state index in [9.17, 15) is 4.79 Å². The van der Waals surface area contributed by atoms with Crippen molar-refractivity contribution in [3.8, 4) is 0 Å². The van der Waals surface area contributed by atoms with Crippen LogP contribution in [-0.2, 0) is 9.68 Å². The first-order chi connectivity index (χ1) is 10.7. The van der Waals surface area contributed by atoms with E-state index in [1.54, 1.807) is 0 Å². The molecule has 0 aliphatic rings. The van der Waals surface area contributed by atoms with E-state index in [0.29, 0.717) is 6.42 Å². The highest BCUT2D eigenvalue weighted by Gasteiger charge is 2.02. The van der Waals surface area contributed by atoms with Crippen LogP contribution in [0.4, 0.5) is 0 Å². The van der Waals surface area contributed by atoms with Crippen LogP contribution in [0.2, 0.25) is 0 Å². The first-order valence-corrected chi connectivity index (χ1v) is 9.55. The Labute approximate surface area is 137 Å². The molecule has 0 saturated carbocycles. The average Bonchev–Trinajstić information content (AvgIpc) is 2.53. The van der Waals surface area contributed by atoms with E-state index in [1.807, 2.05) is 0 Å². The van der Waals surface area contributed by atoms with E-state index in [1.165, 1.54) is 77.0 Å². The van der Waals surface area contributed by atoms with Gasteiger partial charge >= 0.3 is 5.97 Å². The van der Waals surface area contributed by atoms with Crippen molar-refractivity contribution in [1.82, 2.24) is 0 Å². The maximum Gasteiger partial charge on any atom is 0.342 e. The minimum absolute atomic E-state index is 0.340. The Morgan fingerprint density at radius 1 is 0.818 bits per heavy atom. The van der Waals surface area contributed by atoms with Gasteiger partial charge in [0.2, 0.25) is 0 Å². The quantitative estimate of drug-likeness (QED) is 0.201. The maximum absolute atomic E-state index is 10.7. The van der Waals surface area contributed by atoms with Gasteiger partial charge in [0.1, 0.15) is 0 Å². The summed E-state index contributed by atoms with van der Waals surface area (Å²) < 4.78 is 0. The fraction of sp³-hybridized carbons (Fsp3) is 0.947. The summed E-state index contributed by atoms with van der Waals surface area (Å²) in [6.07, 6.45) is 18.5. The summed E-state index contributed by atoms with van der Waals surface area (Å²) in [6.45, 7) is 4.68. The van der Waals surface area contributed by atoms with Gasteiger partial charge in [0.15, 0.2) is 0 Å². The Hall–Kier alpha value is -0.570. The second kappa shape index (κ2) is 16.8. The van der Waals surface area contributed by atoms with Crippen LogP contribution in [0, 0.1) is 5.92 Å². The van der Waals surface area contributed by atoms with Gasteiger partial charge in [-0.1, -0.05) is 97.3 Å². The Morgan fingerprint density at radius 3 is 1.77 bits per heavy atom. The second-order valence-corrected chi connectivity index (χ2v) is 6.78. The van der Waals surface area contributed by atoms with Gasteiger partial charge in [-0.05, 0) is 12.3 Å². The molecule has 0 aliphatic heterocycles. The van der Waals surface area contributed by atoms with Crippen LogP contribution >= 0.6 is 0 Å². The molecule has 3 nitrogen and oxygen atoms in total. The lowest BCUT2D eigenvalue weighted by molar-refractivity contribution is -0.234. The van der Waals surface area contributed by atoms with Crippen LogP contribution in [0.1, 0.15) is 110 Å². The zero-order valence-corrected chi connectivity index (χ0v) is 14.9. The van der Waals surface area contributed by atoms with E-state index in [-0.39, 0.29) is 0 Å². The number of hydrogen-bond acceptors (Lipinski definition) is 3. The molecule has 1 N–H and O–H groups in total. The summed E-state index contributed by atoms with van der Waals surface area (Å²) in [7, 11) is 0. The van der Waals surface area contributed by atoms with Crippen LogP contribution in [0.3, 0.4) is 0 Å². The summed E-state index contributed by atoms with van der Waals surface area (Å²) in [6, 6.07) is 0. The van der Waals surface area contributed by atoms with Crippen molar-refractivity contribution in [2.24, 2.45) is 5.92 Å². The highest BCUT2D eigenvalue weighted by molar-refractivity contribution is 5.68. The van der Waals surface area contributed by atoms with E-state index in [4.69, 9.17) is 5.26 Å². The van der Waals surface area contributed by atoms with Gasteiger partial charge in [0, 0.05) is 6.42 Å². The lowest BCUT2D eigenvalue weighted by Gasteiger charge is -2.10. The molecule has 0 radical (unpaired) electrons. The predicted octanol–water partition coefficient (Wildman–Crippen LogP) is 6.51. The third-order valence-electron chi connectivity index (χ3n) is 4.48. The predicted molar refractivity (Wildman–Crippen MR) is 92.8 cm³/mol. The Morgan fingerprint density at radius 2 is 1.27 bits per heavy atom. The van der Waals surface area contributed by atoms with E-state index >= 15 is 0 Å². The number of carbonyl (C=O) groups excluding carboxylic acids is 1. The molecule has 0 amide bonds. The van der Waals surface area contributed by atoms with Crippen molar-refractivity contribution in [2.45, 2.75) is 110 Å². The van der Waals surface area contributed by atoms with Gasteiger partial charge in [-0.3, -0.25) is 0 Å². The van der Waals surface area contributed by atoms with Crippen LogP contribution in [0.5, 0.6) is 0 Å². The molecular weight excluding hydrogens is 276 g/mol. The first kappa shape index (κ1) is 21.4. The molecule has 0 bridgehead atoms. The molecule has 0 aromatic rings. The van der Waals surface area contributed by atoms with Crippen molar-refractivity contribution in [1.29, 1.82) is 0 Å². The van der Waals surface area contributed by atoms with Gasteiger partial charge in [0.05, 0.1) is 0 Å². The fourth-order valence-electron chi connectivity index (χ4n) is 2.93. The number of carbonyl (C=O) groups is 1. The summed E-state index contributed by atoms with van der Waals surface area (Å²) in [5, 5.41) is 8.12. The molecule has 22 heavy (non-hydrogen) atoms. The van der Waals surface area contributed by atoms with Crippen molar-refractivity contribution in [3.63, 3.8) is 0 Å². The molecule has 0 aromatic heterocycles. The molecule has 0 saturated heterocycles. The van der Waals surface area contributed by atoms with Crippen LogP contribution in [-0.4, -0.2) is 11.2 Å². The van der Waals surface area contributed by atoms with Gasteiger partial charge < -0.3 is 4.89 Å². The SMILES string of the molecule is CCCCCCC(C)CCCCCCCCCCC(=O)OO. The minimum Gasteiger partial charge on any atom is -0.301 e. The van der Waals surface area contributed by atoms with Crippen LogP contribution in [0.25, 0.3) is 0 Å². The molecule has 132 valence electrons. The van der Waals surface area contributed by atoms with Crippen molar-refractivity contribution in [3.05, 3.63) is 0 Å². The first-order valence-electron chi connectivity index (χ1n) is 9.55. The molecule has 0 aromatic carbocycles. The lowest BCUT2D eigenvalue weighted by Crippen LogP contribution is -1.99. The van der Waals surface area contributed by atoms with Gasteiger partial charge in [-0.2, -0.15) is 5.26 Å². The fourth-order valence-corrected chi connectivity index (χ4v) is 2.93. The third-order valence-corrected chi connectivity index (χ3v) is 4.48. The third kappa shape index (κ3) is 15.8. The Balaban J connectivity index is 3.14. The number of rotatable bonds is 16. The molecule has 0 spiro atoms. The standard InChI is InChI=1S/C19H38O3/c1-3-4-5-12-15-18(2)16-13-10-8-6-7-9-11-14-17-19(20)22-21/h18,21H,3-17H2,1-2H3. The number of hydrogen-bond donors (Lipinski definition) is 1. The zero-order valence-electron chi connectivity index (χ0n) is 14.9. The lowest BCUT2D eigenvalue weighted by atomic mass is 9.96. The Bertz CT molecular complexity index is 241. The monoisotopic (exact) mass is 314 g/mol. The largest absolute Gasteiger partial charge is 0.342 e. The topological polar surface area (TPSA) is 46.5 Å². The van der Waals surface area contributed by atoms with Gasteiger partial charge in [-0.15, -0.1) is 0 Å². The molecule has 1 atom stereocenters. The summed E-state index contributed by atoms with van der Waals surface area (Å²) in [5.41, 5.74) is 0. The summed E-state index contributed by atoms with van der Waals surface area (Å²) in [5.74, 6) is 0.395. The molecule has 0 fully saturated rings. The molecule has 0 heterocycles. The maximum atomic E-state index is 10.7. The van der Waals surface area contributed by atoms with E-state index < -0.39 is 5.97 Å². The van der Waals surface area contributed by atoms with Crippen molar-refractivity contribution >= 4 is 5.97 Å². The van der Waals surface area contributed by atoms with Crippen LogP contribution in [0.15, 0.2) is 0 Å². The van der Waals surface area contributed by atoms with Crippen molar-refractivity contribution < 1.29 is 14.9 Å².